The highest BCUT2D eigenvalue weighted by Gasteiger charge is 2.05. The minimum Gasteiger partial charge on any atom is -0.389 e. The summed E-state index contributed by atoms with van der Waals surface area (Å²) in [4.78, 5) is 0.255. The van der Waals surface area contributed by atoms with Gasteiger partial charge in [0.2, 0.25) is 0 Å². The summed E-state index contributed by atoms with van der Waals surface area (Å²) in [6.45, 7) is 1.38. The highest BCUT2D eigenvalue weighted by atomic mass is 32.1. The molecule has 5 heteroatoms. The van der Waals surface area contributed by atoms with Crippen LogP contribution in [0.5, 0.6) is 0 Å². The van der Waals surface area contributed by atoms with E-state index in [0.717, 1.165) is 6.42 Å². The fourth-order valence-electron chi connectivity index (χ4n) is 1.33. The molecule has 0 aliphatic heterocycles. The zero-order valence-corrected chi connectivity index (χ0v) is 10.6. The molecule has 0 saturated heterocycles. The highest BCUT2D eigenvalue weighted by molar-refractivity contribution is 7.80. The summed E-state index contributed by atoms with van der Waals surface area (Å²) in [7, 11) is 1.63. The molecule has 17 heavy (non-hydrogen) atoms. The van der Waals surface area contributed by atoms with Crippen molar-refractivity contribution in [3.8, 4) is 0 Å². The number of hydrogen-bond acceptors (Lipinski definition) is 3. The minimum atomic E-state index is -0.309. The second-order valence-corrected chi connectivity index (χ2v) is 4.01. The van der Waals surface area contributed by atoms with Crippen LogP contribution in [0.15, 0.2) is 18.2 Å². The molecule has 0 aliphatic rings. The molecule has 0 radical (unpaired) electrons. The average molecular weight is 257 g/mol. The van der Waals surface area contributed by atoms with Crippen molar-refractivity contribution in [2.75, 3.05) is 20.3 Å². The van der Waals surface area contributed by atoms with Crippen LogP contribution < -0.4 is 5.73 Å². The Bertz CT molecular complexity index is 385. The predicted molar refractivity (Wildman–Crippen MR) is 68.4 cm³/mol. The molecular weight excluding hydrogens is 241 g/mol. The van der Waals surface area contributed by atoms with Crippen LogP contribution in [0.25, 0.3) is 0 Å². The quantitative estimate of drug-likeness (QED) is 0.599. The minimum absolute atomic E-state index is 0.214. The van der Waals surface area contributed by atoms with E-state index in [1.165, 1.54) is 6.07 Å². The molecule has 0 heterocycles. The number of methoxy groups -OCH3 is 1. The average Bonchev–Trinajstić information content (AvgIpc) is 2.30. The summed E-state index contributed by atoms with van der Waals surface area (Å²) in [5, 5.41) is 0. The van der Waals surface area contributed by atoms with Crippen molar-refractivity contribution in [1.82, 2.24) is 0 Å². The molecular formula is C12H16FNO2S. The maximum absolute atomic E-state index is 13.4. The van der Waals surface area contributed by atoms with Crippen LogP contribution in [0.2, 0.25) is 0 Å². The maximum atomic E-state index is 13.4. The van der Waals surface area contributed by atoms with E-state index in [1.807, 2.05) is 0 Å². The Morgan fingerprint density at radius 2 is 2.18 bits per heavy atom. The van der Waals surface area contributed by atoms with E-state index >= 15 is 0 Å². The van der Waals surface area contributed by atoms with Crippen molar-refractivity contribution < 1.29 is 13.9 Å². The summed E-state index contributed by atoms with van der Waals surface area (Å²) in [6.07, 6.45) is 0.785. The lowest BCUT2D eigenvalue weighted by Gasteiger charge is -2.07. The van der Waals surface area contributed by atoms with Gasteiger partial charge >= 0.3 is 0 Å². The Kier molecular flexibility index (Phi) is 6.04. The monoisotopic (exact) mass is 257 g/mol. The second-order valence-electron chi connectivity index (χ2n) is 3.57. The Labute approximate surface area is 106 Å². The van der Waals surface area contributed by atoms with Gasteiger partial charge in [-0.2, -0.15) is 0 Å². The molecule has 1 aromatic carbocycles. The van der Waals surface area contributed by atoms with Crippen LogP contribution in [-0.2, 0) is 16.1 Å². The van der Waals surface area contributed by atoms with Crippen LogP contribution in [0, 0.1) is 5.82 Å². The standard InChI is InChI=1S/C12H16FNO2S/c1-15-5-2-6-16-8-10-7-9(12(14)17)3-4-11(10)13/h3-4,7H,2,5-6,8H2,1H3,(H2,14,17). The smallest absolute Gasteiger partial charge is 0.128 e. The van der Waals surface area contributed by atoms with Crippen molar-refractivity contribution >= 4 is 17.2 Å². The van der Waals surface area contributed by atoms with Gasteiger partial charge in [0.1, 0.15) is 10.8 Å². The van der Waals surface area contributed by atoms with E-state index in [-0.39, 0.29) is 17.4 Å². The normalized spacial score (nSPS) is 10.5. The van der Waals surface area contributed by atoms with Gasteiger partial charge in [0, 0.05) is 31.5 Å². The third-order valence-corrected chi connectivity index (χ3v) is 2.46. The van der Waals surface area contributed by atoms with Crippen molar-refractivity contribution in [2.45, 2.75) is 13.0 Å². The van der Waals surface area contributed by atoms with E-state index in [0.29, 0.717) is 24.3 Å². The first-order valence-electron chi connectivity index (χ1n) is 5.30. The topological polar surface area (TPSA) is 44.5 Å². The predicted octanol–water partition coefficient (Wildman–Crippen LogP) is 2.01. The molecule has 0 amide bonds. The molecule has 0 atom stereocenters. The number of hydrogen-bond donors (Lipinski definition) is 1. The number of nitrogens with two attached hydrogens (primary N) is 1. The second kappa shape index (κ2) is 7.32. The number of halogens is 1. The van der Waals surface area contributed by atoms with Crippen LogP contribution in [0.3, 0.4) is 0 Å². The lowest BCUT2D eigenvalue weighted by molar-refractivity contribution is 0.0913. The first-order chi connectivity index (χ1) is 8.15. The molecule has 0 aliphatic carbocycles. The molecule has 3 nitrogen and oxygen atoms in total. The summed E-state index contributed by atoms with van der Waals surface area (Å²) in [5.74, 6) is -0.309. The van der Waals surface area contributed by atoms with E-state index in [4.69, 9.17) is 27.4 Å². The molecule has 0 fully saturated rings. The zero-order chi connectivity index (χ0) is 12.7. The first kappa shape index (κ1) is 14.0. The molecule has 1 aromatic rings. The van der Waals surface area contributed by atoms with Crippen LogP contribution >= 0.6 is 12.2 Å². The molecule has 0 saturated carbocycles. The molecule has 0 unspecified atom stereocenters. The van der Waals surface area contributed by atoms with Crippen molar-refractivity contribution in [3.63, 3.8) is 0 Å². The van der Waals surface area contributed by atoms with E-state index in [1.54, 1.807) is 19.2 Å². The Hall–Kier alpha value is -1.04. The van der Waals surface area contributed by atoms with Gasteiger partial charge in [0.25, 0.3) is 0 Å². The summed E-state index contributed by atoms with van der Waals surface area (Å²) < 4.78 is 23.6. The van der Waals surface area contributed by atoms with Gasteiger partial charge in [-0.25, -0.2) is 4.39 Å². The fraction of sp³-hybridized carbons (Fsp3) is 0.417. The fourth-order valence-corrected chi connectivity index (χ4v) is 1.45. The Balaban J connectivity index is 2.51. The maximum Gasteiger partial charge on any atom is 0.128 e. The van der Waals surface area contributed by atoms with Gasteiger partial charge in [-0.1, -0.05) is 12.2 Å². The van der Waals surface area contributed by atoms with E-state index < -0.39 is 0 Å². The lowest BCUT2D eigenvalue weighted by atomic mass is 10.1. The van der Waals surface area contributed by atoms with Gasteiger partial charge in [-0.15, -0.1) is 0 Å². The number of thiocarbonyl (C=S) groups is 1. The number of benzene rings is 1. The van der Waals surface area contributed by atoms with E-state index in [2.05, 4.69) is 0 Å². The van der Waals surface area contributed by atoms with Crippen LogP contribution in [0.4, 0.5) is 4.39 Å². The molecule has 2 N–H and O–H groups in total. The van der Waals surface area contributed by atoms with Gasteiger partial charge in [-0.05, 0) is 24.6 Å². The van der Waals surface area contributed by atoms with E-state index in [9.17, 15) is 4.39 Å². The van der Waals surface area contributed by atoms with Gasteiger partial charge < -0.3 is 15.2 Å². The first-order valence-corrected chi connectivity index (χ1v) is 5.71. The molecule has 1 rings (SSSR count). The third kappa shape index (κ3) is 4.77. The number of rotatable bonds is 7. The Morgan fingerprint density at radius 3 is 2.82 bits per heavy atom. The van der Waals surface area contributed by atoms with Crippen molar-refractivity contribution in [1.29, 1.82) is 0 Å². The SMILES string of the molecule is COCCCOCc1cc(C(N)=S)ccc1F. The van der Waals surface area contributed by atoms with Crippen LogP contribution in [0.1, 0.15) is 17.5 Å². The number of ether oxygens (including phenoxy) is 2. The molecule has 0 aromatic heterocycles. The summed E-state index contributed by atoms with van der Waals surface area (Å²) in [5.41, 5.74) is 6.59. The molecule has 0 bridgehead atoms. The molecule has 0 spiro atoms. The van der Waals surface area contributed by atoms with Crippen molar-refractivity contribution in [3.05, 3.63) is 35.1 Å². The summed E-state index contributed by atoms with van der Waals surface area (Å²) in [6, 6.07) is 4.53. The Morgan fingerprint density at radius 1 is 1.41 bits per heavy atom. The van der Waals surface area contributed by atoms with Gasteiger partial charge in [0.15, 0.2) is 0 Å². The summed E-state index contributed by atoms with van der Waals surface area (Å²) >= 11 is 4.83. The lowest BCUT2D eigenvalue weighted by Crippen LogP contribution is -2.10. The molecule has 94 valence electrons. The van der Waals surface area contributed by atoms with Crippen molar-refractivity contribution in [2.24, 2.45) is 5.73 Å². The largest absolute Gasteiger partial charge is 0.389 e. The third-order valence-electron chi connectivity index (χ3n) is 2.22. The van der Waals surface area contributed by atoms with Gasteiger partial charge in [0.05, 0.1) is 6.61 Å². The van der Waals surface area contributed by atoms with Gasteiger partial charge in [-0.3, -0.25) is 0 Å². The zero-order valence-electron chi connectivity index (χ0n) is 9.74. The van der Waals surface area contributed by atoms with Crippen LogP contribution in [-0.4, -0.2) is 25.3 Å². The highest BCUT2D eigenvalue weighted by Crippen LogP contribution is 2.12.